The Balaban J connectivity index is 1.75. The molecular weight excluding hydrogens is 408 g/mol. The maximum Gasteiger partial charge on any atom is 0.277 e. The molecule has 1 aromatic heterocycles. The second kappa shape index (κ2) is 9.22. The van der Waals surface area contributed by atoms with Crippen LogP contribution in [0.2, 0.25) is 0 Å². The van der Waals surface area contributed by atoms with Crippen molar-refractivity contribution >= 4 is 21.8 Å². The fourth-order valence-corrected chi connectivity index (χ4v) is 4.93. The standard InChI is InChI=1S/C20H20N4O3S2/c1-3-24(4-2)29(25,26)18-7-5-6-17(12-18)19-22-23-20(27-19)28-14-16-10-8-15(13-21)9-11-16/h5-12H,3-4,14H2,1-2H3. The Morgan fingerprint density at radius 1 is 1.10 bits per heavy atom. The van der Waals surface area contributed by atoms with Crippen LogP contribution in [0.25, 0.3) is 11.5 Å². The minimum absolute atomic E-state index is 0.198. The van der Waals surface area contributed by atoms with Gasteiger partial charge in [0.2, 0.25) is 15.9 Å². The summed E-state index contributed by atoms with van der Waals surface area (Å²) in [7, 11) is -3.56. The predicted octanol–water partition coefficient (Wildman–Crippen LogP) is 3.93. The number of nitrogens with zero attached hydrogens (tertiary/aromatic N) is 4. The molecule has 0 N–H and O–H groups in total. The monoisotopic (exact) mass is 428 g/mol. The van der Waals surface area contributed by atoms with Crippen LogP contribution in [0.4, 0.5) is 0 Å². The van der Waals surface area contributed by atoms with Gasteiger partial charge >= 0.3 is 0 Å². The number of hydrogen-bond acceptors (Lipinski definition) is 7. The van der Waals surface area contributed by atoms with Gasteiger partial charge in [0, 0.05) is 24.4 Å². The Morgan fingerprint density at radius 3 is 2.48 bits per heavy atom. The number of hydrogen-bond donors (Lipinski definition) is 0. The third-order valence-electron chi connectivity index (χ3n) is 4.28. The molecule has 0 unspecified atom stereocenters. The summed E-state index contributed by atoms with van der Waals surface area (Å²) in [5, 5.41) is 17.3. The molecule has 0 bridgehead atoms. The van der Waals surface area contributed by atoms with Crippen molar-refractivity contribution in [2.24, 2.45) is 0 Å². The maximum absolute atomic E-state index is 12.7. The van der Waals surface area contributed by atoms with Crippen molar-refractivity contribution in [3.63, 3.8) is 0 Å². The summed E-state index contributed by atoms with van der Waals surface area (Å²) in [6.07, 6.45) is 0. The molecule has 0 aliphatic heterocycles. The lowest BCUT2D eigenvalue weighted by molar-refractivity contribution is 0.445. The topological polar surface area (TPSA) is 100 Å². The van der Waals surface area contributed by atoms with Crippen molar-refractivity contribution in [2.45, 2.75) is 29.7 Å². The van der Waals surface area contributed by atoms with Gasteiger partial charge in [-0.1, -0.05) is 43.8 Å². The first-order valence-electron chi connectivity index (χ1n) is 9.03. The van der Waals surface area contributed by atoms with Crippen LogP contribution in [0, 0.1) is 11.3 Å². The number of sulfonamides is 1. The van der Waals surface area contributed by atoms with E-state index >= 15 is 0 Å². The van der Waals surface area contributed by atoms with Gasteiger partial charge in [-0.3, -0.25) is 0 Å². The third kappa shape index (κ3) is 4.85. The van der Waals surface area contributed by atoms with E-state index in [1.807, 2.05) is 12.1 Å². The van der Waals surface area contributed by atoms with Crippen LogP contribution in [0.5, 0.6) is 0 Å². The van der Waals surface area contributed by atoms with Crippen molar-refractivity contribution < 1.29 is 12.8 Å². The summed E-state index contributed by atoms with van der Waals surface area (Å²) in [6.45, 7) is 4.42. The summed E-state index contributed by atoms with van der Waals surface area (Å²) < 4.78 is 32.5. The fraction of sp³-hybridized carbons (Fsp3) is 0.250. The zero-order chi connectivity index (χ0) is 20.9. The Labute approximate surface area is 174 Å². The number of benzene rings is 2. The molecule has 0 atom stereocenters. The van der Waals surface area contributed by atoms with E-state index in [2.05, 4.69) is 16.3 Å². The third-order valence-corrected chi connectivity index (χ3v) is 7.21. The molecule has 0 radical (unpaired) electrons. The molecule has 0 aliphatic carbocycles. The molecule has 9 heteroatoms. The molecule has 7 nitrogen and oxygen atoms in total. The Kier molecular flexibility index (Phi) is 6.69. The SMILES string of the molecule is CCN(CC)S(=O)(=O)c1cccc(-c2nnc(SCc3ccc(C#N)cc3)o2)c1. The number of rotatable bonds is 8. The highest BCUT2D eigenvalue weighted by Gasteiger charge is 2.22. The van der Waals surface area contributed by atoms with E-state index in [9.17, 15) is 8.42 Å². The molecule has 3 aromatic rings. The van der Waals surface area contributed by atoms with E-state index in [4.69, 9.17) is 9.68 Å². The fourth-order valence-electron chi connectivity index (χ4n) is 2.71. The van der Waals surface area contributed by atoms with Gasteiger partial charge < -0.3 is 4.42 Å². The highest BCUT2D eigenvalue weighted by molar-refractivity contribution is 7.98. The van der Waals surface area contributed by atoms with Crippen molar-refractivity contribution in [3.05, 3.63) is 59.7 Å². The summed E-state index contributed by atoms with van der Waals surface area (Å²) in [6, 6.07) is 15.9. The minimum Gasteiger partial charge on any atom is -0.411 e. The lowest BCUT2D eigenvalue weighted by atomic mass is 10.2. The van der Waals surface area contributed by atoms with Crippen LogP contribution in [0.3, 0.4) is 0 Å². The Hall–Kier alpha value is -2.67. The molecule has 1 heterocycles. The van der Waals surface area contributed by atoms with Crippen molar-refractivity contribution in [2.75, 3.05) is 13.1 Å². The molecule has 150 valence electrons. The van der Waals surface area contributed by atoms with Crippen LogP contribution < -0.4 is 0 Å². The van der Waals surface area contributed by atoms with Crippen molar-refractivity contribution in [1.29, 1.82) is 5.26 Å². The molecule has 0 saturated carbocycles. The van der Waals surface area contributed by atoms with E-state index in [0.29, 0.717) is 35.2 Å². The normalized spacial score (nSPS) is 11.5. The zero-order valence-corrected chi connectivity index (χ0v) is 17.7. The lowest BCUT2D eigenvalue weighted by Gasteiger charge is -2.18. The van der Waals surface area contributed by atoms with Crippen LogP contribution in [-0.4, -0.2) is 36.0 Å². The number of nitriles is 1. The quantitative estimate of drug-likeness (QED) is 0.501. The summed E-state index contributed by atoms with van der Waals surface area (Å²) >= 11 is 1.37. The molecular formula is C20H20N4O3S2. The number of aromatic nitrogens is 2. The van der Waals surface area contributed by atoms with Crippen LogP contribution >= 0.6 is 11.8 Å². The Bertz CT molecular complexity index is 1120. The zero-order valence-electron chi connectivity index (χ0n) is 16.1. The van der Waals surface area contributed by atoms with Crippen molar-refractivity contribution in [3.8, 4) is 17.5 Å². The molecule has 0 saturated heterocycles. The first kappa shape index (κ1) is 21.0. The van der Waals surface area contributed by atoms with Gasteiger partial charge in [0.1, 0.15) is 0 Å². The highest BCUT2D eigenvalue weighted by Crippen LogP contribution is 2.27. The van der Waals surface area contributed by atoms with E-state index in [-0.39, 0.29) is 10.8 Å². The predicted molar refractivity (Wildman–Crippen MR) is 111 cm³/mol. The van der Waals surface area contributed by atoms with E-state index in [1.165, 1.54) is 16.1 Å². The maximum atomic E-state index is 12.7. The average Bonchev–Trinajstić information content (AvgIpc) is 3.22. The smallest absolute Gasteiger partial charge is 0.277 e. The van der Waals surface area contributed by atoms with E-state index in [0.717, 1.165) is 5.56 Å². The van der Waals surface area contributed by atoms with Gasteiger partial charge in [-0.15, -0.1) is 10.2 Å². The summed E-state index contributed by atoms with van der Waals surface area (Å²) in [5.41, 5.74) is 2.19. The number of thioether (sulfide) groups is 1. The average molecular weight is 429 g/mol. The molecule has 2 aromatic carbocycles. The lowest BCUT2D eigenvalue weighted by Crippen LogP contribution is -2.30. The van der Waals surface area contributed by atoms with Crippen LogP contribution in [-0.2, 0) is 15.8 Å². The molecule has 29 heavy (non-hydrogen) atoms. The van der Waals surface area contributed by atoms with Gasteiger partial charge in [0.25, 0.3) is 5.22 Å². The molecule has 0 fully saturated rings. The second-order valence-electron chi connectivity index (χ2n) is 6.09. The van der Waals surface area contributed by atoms with Gasteiger partial charge in [0.15, 0.2) is 0 Å². The summed E-state index contributed by atoms with van der Waals surface area (Å²) in [4.78, 5) is 0.198. The van der Waals surface area contributed by atoms with Gasteiger partial charge in [-0.2, -0.15) is 9.57 Å². The van der Waals surface area contributed by atoms with Crippen molar-refractivity contribution in [1.82, 2.24) is 14.5 Å². The Morgan fingerprint density at radius 2 is 1.83 bits per heavy atom. The summed E-state index contributed by atoms with van der Waals surface area (Å²) in [5.74, 6) is 0.882. The van der Waals surface area contributed by atoms with Gasteiger partial charge in [0.05, 0.1) is 16.5 Å². The van der Waals surface area contributed by atoms with E-state index < -0.39 is 10.0 Å². The highest BCUT2D eigenvalue weighted by atomic mass is 32.2. The molecule has 0 spiro atoms. The molecule has 0 aliphatic rings. The minimum atomic E-state index is -3.56. The second-order valence-corrected chi connectivity index (χ2v) is 8.95. The van der Waals surface area contributed by atoms with E-state index in [1.54, 1.807) is 50.2 Å². The molecule has 0 amide bonds. The van der Waals surface area contributed by atoms with Crippen LogP contribution in [0.15, 0.2) is 63.1 Å². The van der Waals surface area contributed by atoms with Gasteiger partial charge in [-0.25, -0.2) is 8.42 Å². The molecule has 3 rings (SSSR count). The largest absolute Gasteiger partial charge is 0.411 e. The first-order chi connectivity index (χ1) is 14.0. The van der Waals surface area contributed by atoms with Gasteiger partial charge in [-0.05, 0) is 35.9 Å². The van der Waals surface area contributed by atoms with Crippen LogP contribution in [0.1, 0.15) is 25.0 Å². The first-order valence-corrected chi connectivity index (χ1v) is 11.5.